The predicted octanol–water partition coefficient (Wildman–Crippen LogP) is 3.83. The number of halogens is 2. The number of alkyl halides is 2. The number of aromatic nitrogens is 4. The number of imidazole rings is 1. The molecule has 0 amide bonds. The van der Waals surface area contributed by atoms with E-state index >= 15 is 0 Å². The van der Waals surface area contributed by atoms with Gasteiger partial charge in [0.25, 0.3) is 0 Å². The van der Waals surface area contributed by atoms with Crippen LogP contribution in [-0.4, -0.2) is 58.7 Å². The SMILES string of the molecule is C[C@H]1CN(c2cc(S(=O)(=O)NC3(C#N)CC3)cc3c(-c4nnc(C(C)(F)I)s4)nc(C4CC4)n23)C[C@H](C)N1. The average Bonchev–Trinajstić information content (AvgIpc) is 3.73. The number of anilines is 1. The summed E-state index contributed by atoms with van der Waals surface area (Å²) in [6.45, 7) is 7.01. The Kier molecular flexibility index (Phi) is 6.26. The van der Waals surface area contributed by atoms with Gasteiger partial charge >= 0.3 is 0 Å². The third-order valence-corrected chi connectivity index (χ3v) is 10.7. The molecule has 3 atom stereocenters. The molecule has 2 N–H and O–H groups in total. The highest BCUT2D eigenvalue weighted by molar-refractivity contribution is 14.1. The second kappa shape index (κ2) is 9.05. The average molecular weight is 671 g/mol. The van der Waals surface area contributed by atoms with E-state index < -0.39 is 19.2 Å². The third-order valence-electron chi connectivity index (χ3n) is 7.15. The second-order valence-corrected chi connectivity index (χ2v) is 15.5. The first kappa shape index (κ1) is 26.3. The molecule has 2 aliphatic carbocycles. The van der Waals surface area contributed by atoms with Crippen LogP contribution in [0.25, 0.3) is 16.2 Å². The third kappa shape index (κ3) is 4.80. The van der Waals surface area contributed by atoms with Gasteiger partial charge in [0.1, 0.15) is 22.9 Å². The van der Waals surface area contributed by atoms with Crippen LogP contribution in [0.1, 0.15) is 63.2 Å². The maximum absolute atomic E-state index is 14.6. The summed E-state index contributed by atoms with van der Waals surface area (Å²) in [4.78, 5) is 7.24. The highest BCUT2D eigenvalue weighted by atomic mass is 127. The van der Waals surface area contributed by atoms with Crippen LogP contribution < -0.4 is 14.9 Å². The van der Waals surface area contributed by atoms with Crippen molar-refractivity contribution in [3.8, 4) is 16.8 Å². The molecule has 3 aromatic heterocycles. The van der Waals surface area contributed by atoms with Gasteiger partial charge in [0, 0.05) is 31.1 Å². The molecule has 2 saturated carbocycles. The standard InChI is InChI=1S/C24H28FIN8O2S2/c1-13-10-33(11-14(2)28-13)18-9-16(38(35,36)32-24(12-27)6-7-24)8-17-19(29-20(34(17)18)15-4-5-15)21-30-31-22(37-21)23(3,25)26/h8-9,13-15,28,32H,4-7,10-11H2,1-3H3/t13-,14-,23?/m0/s1. The van der Waals surface area contributed by atoms with Gasteiger partial charge in [0.15, 0.2) is 10.0 Å². The molecule has 14 heteroatoms. The van der Waals surface area contributed by atoms with Crippen LogP contribution in [-0.2, 0) is 13.7 Å². The fourth-order valence-corrected chi connectivity index (χ4v) is 7.66. The number of nitriles is 1. The molecule has 202 valence electrons. The lowest BCUT2D eigenvalue weighted by Gasteiger charge is -2.38. The van der Waals surface area contributed by atoms with E-state index in [1.165, 1.54) is 6.92 Å². The fraction of sp³-hybridized carbons (Fsp3) is 0.583. The molecule has 6 rings (SSSR count). The van der Waals surface area contributed by atoms with Crippen molar-refractivity contribution < 1.29 is 12.8 Å². The summed E-state index contributed by atoms with van der Waals surface area (Å²) in [5.74, 6) is 1.84. The van der Waals surface area contributed by atoms with E-state index in [9.17, 15) is 18.1 Å². The first-order chi connectivity index (χ1) is 17.9. The molecule has 1 unspecified atom stereocenters. The van der Waals surface area contributed by atoms with Crippen LogP contribution in [0.15, 0.2) is 17.0 Å². The Morgan fingerprint density at radius 3 is 2.50 bits per heavy atom. The van der Waals surface area contributed by atoms with Gasteiger partial charge in [-0.3, -0.25) is 4.40 Å². The Labute approximate surface area is 238 Å². The van der Waals surface area contributed by atoms with E-state index in [-0.39, 0.29) is 27.9 Å². The summed E-state index contributed by atoms with van der Waals surface area (Å²) >= 11 is 2.80. The fourth-order valence-electron chi connectivity index (χ4n) is 5.04. The van der Waals surface area contributed by atoms with Crippen LogP contribution in [0.2, 0.25) is 0 Å². The van der Waals surface area contributed by atoms with Crippen molar-refractivity contribution in [3.63, 3.8) is 0 Å². The number of piperazine rings is 1. The van der Waals surface area contributed by atoms with E-state index in [1.807, 2.05) is 4.40 Å². The second-order valence-electron chi connectivity index (χ2n) is 10.8. The summed E-state index contributed by atoms with van der Waals surface area (Å²) in [6, 6.07) is 5.80. The summed E-state index contributed by atoms with van der Waals surface area (Å²) in [5, 5.41) is 22.0. The van der Waals surface area contributed by atoms with Gasteiger partial charge < -0.3 is 10.2 Å². The number of nitrogens with one attached hydrogen (secondary N) is 2. The highest BCUT2D eigenvalue weighted by Gasteiger charge is 2.47. The molecule has 3 fully saturated rings. The van der Waals surface area contributed by atoms with Crippen molar-refractivity contribution >= 4 is 55.3 Å². The van der Waals surface area contributed by atoms with Gasteiger partial charge in [-0.15, -0.1) is 10.2 Å². The van der Waals surface area contributed by atoms with Crippen LogP contribution >= 0.6 is 33.9 Å². The lowest BCUT2D eigenvalue weighted by molar-refractivity contribution is 0.346. The van der Waals surface area contributed by atoms with Crippen molar-refractivity contribution in [1.29, 1.82) is 5.26 Å². The molecule has 1 saturated heterocycles. The van der Waals surface area contributed by atoms with Crippen LogP contribution in [0, 0.1) is 11.3 Å². The number of fused-ring (bicyclic) bond motifs is 1. The maximum Gasteiger partial charge on any atom is 0.242 e. The number of nitrogens with zero attached hydrogens (tertiary/aromatic N) is 6. The zero-order valence-electron chi connectivity index (χ0n) is 21.2. The van der Waals surface area contributed by atoms with E-state index in [0.29, 0.717) is 42.1 Å². The number of hydrogen-bond donors (Lipinski definition) is 2. The largest absolute Gasteiger partial charge is 0.355 e. The summed E-state index contributed by atoms with van der Waals surface area (Å²) in [5.41, 5.74) is 0.0280. The molecular weight excluding hydrogens is 642 g/mol. The Hall–Kier alpha value is -1.93. The molecule has 38 heavy (non-hydrogen) atoms. The first-order valence-corrected chi connectivity index (χ1v) is 16.0. The van der Waals surface area contributed by atoms with Crippen molar-refractivity contribution in [2.75, 3.05) is 18.0 Å². The van der Waals surface area contributed by atoms with Crippen LogP contribution in [0.5, 0.6) is 0 Å². The van der Waals surface area contributed by atoms with Crippen molar-refractivity contribution in [2.45, 2.75) is 78.6 Å². The molecule has 3 aromatic rings. The zero-order valence-corrected chi connectivity index (χ0v) is 25.0. The lowest BCUT2D eigenvalue weighted by Crippen LogP contribution is -2.54. The minimum Gasteiger partial charge on any atom is -0.355 e. The van der Waals surface area contributed by atoms with Gasteiger partial charge in [-0.2, -0.15) is 9.98 Å². The van der Waals surface area contributed by atoms with Gasteiger partial charge in [-0.1, -0.05) is 11.3 Å². The Morgan fingerprint density at radius 1 is 1.26 bits per heavy atom. The van der Waals surface area contributed by atoms with Crippen molar-refractivity contribution in [1.82, 2.24) is 29.6 Å². The van der Waals surface area contributed by atoms with Gasteiger partial charge in [0.05, 0.1) is 16.5 Å². The van der Waals surface area contributed by atoms with Crippen LogP contribution in [0.4, 0.5) is 10.2 Å². The summed E-state index contributed by atoms with van der Waals surface area (Å²) in [7, 11) is -4.01. The molecule has 0 bridgehead atoms. The summed E-state index contributed by atoms with van der Waals surface area (Å²) in [6.07, 6.45) is 2.97. The zero-order chi connectivity index (χ0) is 27.0. The van der Waals surface area contributed by atoms with E-state index in [2.05, 4.69) is 45.1 Å². The molecular formula is C24H28FIN8O2S2. The van der Waals surface area contributed by atoms with Crippen molar-refractivity contribution in [2.24, 2.45) is 0 Å². The minimum absolute atomic E-state index is 0.0674. The maximum atomic E-state index is 14.6. The molecule has 0 radical (unpaired) electrons. The van der Waals surface area contributed by atoms with E-state index in [1.54, 1.807) is 34.7 Å². The molecule has 1 aliphatic heterocycles. The van der Waals surface area contributed by atoms with Gasteiger partial charge in [-0.25, -0.2) is 17.8 Å². The monoisotopic (exact) mass is 670 g/mol. The topological polar surface area (TPSA) is 128 Å². The molecule has 0 spiro atoms. The van der Waals surface area contributed by atoms with E-state index in [4.69, 9.17) is 4.98 Å². The molecule has 10 nitrogen and oxygen atoms in total. The highest BCUT2D eigenvalue weighted by Crippen LogP contribution is 2.45. The summed E-state index contributed by atoms with van der Waals surface area (Å²) < 4.78 is 44.8. The number of sulfonamides is 1. The molecule has 4 heterocycles. The number of hydrogen-bond acceptors (Lipinski definition) is 9. The number of pyridine rings is 1. The quantitative estimate of drug-likeness (QED) is 0.287. The van der Waals surface area contributed by atoms with E-state index in [0.717, 1.165) is 35.8 Å². The Balaban J connectivity index is 1.58. The molecule has 3 aliphatic rings. The van der Waals surface area contributed by atoms with Crippen LogP contribution in [0.3, 0.4) is 0 Å². The Bertz CT molecular complexity index is 1560. The number of rotatable bonds is 7. The smallest absolute Gasteiger partial charge is 0.242 e. The van der Waals surface area contributed by atoms with Gasteiger partial charge in [0.2, 0.25) is 13.7 Å². The Morgan fingerprint density at radius 2 is 1.95 bits per heavy atom. The normalized spacial score (nSPS) is 24.8. The van der Waals surface area contributed by atoms with Crippen molar-refractivity contribution in [3.05, 3.63) is 23.0 Å². The minimum atomic E-state index is -4.01. The molecule has 0 aromatic carbocycles. The predicted molar refractivity (Wildman–Crippen MR) is 151 cm³/mol. The first-order valence-electron chi connectivity index (χ1n) is 12.6. The van der Waals surface area contributed by atoms with Gasteiger partial charge in [-0.05, 0) is 81.2 Å². The lowest BCUT2D eigenvalue weighted by atomic mass is 10.1.